The summed E-state index contributed by atoms with van der Waals surface area (Å²) in [7, 11) is 0. The predicted octanol–water partition coefficient (Wildman–Crippen LogP) is 4.30. The average molecular weight is 305 g/mol. The molecule has 0 unspecified atom stereocenters. The van der Waals surface area contributed by atoms with E-state index in [9.17, 15) is 18.0 Å². The minimum absolute atomic E-state index is 0.104. The molecule has 1 aliphatic heterocycles. The van der Waals surface area contributed by atoms with Gasteiger partial charge < -0.3 is 4.90 Å². The smallest absolute Gasteiger partial charge is 0.366 e. The van der Waals surface area contributed by atoms with E-state index in [-0.39, 0.29) is 5.78 Å². The maximum atomic E-state index is 12.9. The van der Waals surface area contributed by atoms with E-state index in [1.807, 2.05) is 35.2 Å². The molecule has 1 heterocycles. The number of nitrogens with zero attached hydrogens (tertiary/aromatic N) is 1. The number of anilines is 1. The van der Waals surface area contributed by atoms with Gasteiger partial charge in [0.2, 0.25) is 0 Å². The zero-order chi connectivity index (χ0) is 15.7. The number of rotatable bonds is 2. The van der Waals surface area contributed by atoms with E-state index < -0.39 is 11.7 Å². The molecule has 0 fully saturated rings. The SMILES string of the molecule is O=C1CCN(Cc2ccccc2)c2cc(C(F)(F)F)ccc21. The molecule has 22 heavy (non-hydrogen) atoms. The van der Waals surface area contributed by atoms with Gasteiger partial charge in [0, 0.05) is 30.8 Å². The van der Waals surface area contributed by atoms with Crippen LogP contribution in [0.25, 0.3) is 0 Å². The molecule has 2 aromatic carbocycles. The predicted molar refractivity (Wildman–Crippen MR) is 77.9 cm³/mol. The first-order chi connectivity index (χ1) is 10.4. The van der Waals surface area contributed by atoms with Crippen molar-refractivity contribution in [2.24, 2.45) is 0 Å². The number of hydrogen-bond donors (Lipinski definition) is 0. The van der Waals surface area contributed by atoms with Gasteiger partial charge in [0.15, 0.2) is 5.78 Å². The molecule has 1 aliphatic rings. The number of carbonyl (C=O) groups excluding carboxylic acids is 1. The quantitative estimate of drug-likeness (QED) is 0.824. The van der Waals surface area contributed by atoms with Gasteiger partial charge in [-0.15, -0.1) is 0 Å². The zero-order valence-corrected chi connectivity index (χ0v) is 11.7. The van der Waals surface area contributed by atoms with Crippen LogP contribution in [0.1, 0.15) is 27.9 Å². The van der Waals surface area contributed by atoms with Gasteiger partial charge >= 0.3 is 6.18 Å². The first kappa shape index (κ1) is 14.6. The topological polar surface area (TPSA) is 20.3 Å². The van der Waals surface area contributed by atoms with Gasteiger partial charge in [-0.3, -0.25) is 4.79 Å². The molecule has 0 saturated carbocycles. The van der Waals surface area contributed by atoms with Crippen LogP contribution in [0.2, 0.25) is 0 Å². The fourth-order valence-electron chi connectivity index (χ4n) is 2.67. The molecule has 3 rings (SSSR count). The van der Waals surface area contributed by atoms with Crippen LogP contribution in [0.4, 0.5) is 18.9 Å². The van der Waals surface area contributed by atoms with Crippen LogP contribution in [0, 0.1) is 0 Å². The molecule has 114 valence electrons. The maximum Gasteiger partial charge on any atom is 0.416 e. The molecule has 2 nitrogen and oxygen atoms in total. The fourth-order valence-corrected chi connectivity index (χ4v) is 2.67. The highest BCUT2D eigenvalue weighted by Crippen LogP contribution is 2.36. The highest BCUT2D eigenvalue weighted by atomic mass is 19.4. The lowest BCUT2D eigenvalue weighted by molar-refractivity contribution is -0.137. The Balaban J connectivity index is 1.99. The second-order valence-corrected chi connectivity index (χ2v) is 5.31. The van der Waals surface area contributed by atoms with Gasteiger partial charge in [0.1, 0.15) is 0 Å². The van der Waals surface area contributed by atoms with Crippen LogP contribution >= 0.6 is 0 Å². The van der Waals surface area contributed by atoms with Crippen molar-refractivity contribution in [3.05, 3.63) is 65.2 Å². The summed E-state index contributed by atoms with van der Waals surface area (Å²) >= 11 is 0. The van der Waals surface area contributed by atoms with Crippen molar-refractivity contribution in [2.75, 3.05) is 11.4 Å². The van der Waals surface area contributed by atoms with E-state index in [0.717, 1.165) is 17.7 Å². The van der Waals surface area contributed by atoms with E-state index in [1.165, 1.54) is 6.07 Å². The van der Waals surface area contributed by atoms with Crippen molar-refractivity contribution in [3.63, 3.8) is 0 Å². The number of alkyl halides is 3. The van der Waals surface area contributed by atoms with Gasteiger partial charge in [-0.25, -0.2) is 0 Å². The highest BCUT2D eigenvalue weighted by Gasteiger charge is 2.33. The minimum atomic E-state index is -4.41. The number of benzene rings is 2. The average Bonchev–Trinajstić information content (AvgIpc) is 2.50. The maximum absolute atomic E-state index is 12.9. The van der Waals surface area contributed by atoms with Crippen molar-refractivity contribution in [3.8, 4) is 0 Å². The molecule has 5 heteroatoms. The van der Waals surface area contributed by atoms with Gasteiger partial charge in [-0.1, -0.05) is 30.3 Å². The number of ketones is 1. The molecular weight excluding hydrogens is 291 g/mol. The monoisotopic (exact) mass is 305 g/mol. The summed E-state index contributed by atoms with van der Waals surface area (Å²) in [6.07, 6.45) is -4.08. The molecular formula is C17H14F3NO. The lowest BCUT2D eigenvalue weighted by Crippen LogP contribution is -2.32. The van der Waals surface area contributed by atoms with Gasteiger partial charge in [-0.2, -0.15) is 13.2 Å². The lowest BCUT2D eigenvalue weighted by Gasteiger charge is -2.31. The number of hydrogen-bond acceptors (Lipinski definition) is 2. The Labute approximate surface area is 126 Å². The van der Waals surface area contributed by atoms with Crippen LogP contribution in [-0.4, -0.2) is 12.3 Å². The lowest BCUT2D eigenvalue weighted by atomic mass is 9.97. The summed E-state index contributed by atoms with van der Waals surface area (Å²) in [4.78, 5) is 13.8. The number of Topliss-reactive ketones (excluding diaryl/α,β-unsaturated/α-hetero) is 1. The first-order valence-electron chi connectivity index (χ1n) is 6.98. The van der Waals surface area contributed by atoms with Crippen molar-refractivity contribution < 1.29 is 18.0 Å². The Morgan fingerprint density at radius 1 is 1.05 bits per heavy atom. The Kier molecular flexibility index (Phi) is 3.64. The third-order valence-electron chi connectivity index (χ3n) is 3.79. The normalized spacial score (nSPS) is 14.9. The van der Waals surface area contributed by atoms with Crippen molar-refractivity contribution >= 4 is 11.5 Å². The van der Waals surface area contributed by atoms with Crippen molar-refractivity contribution in [1.82, 2.24) is 0 Å². The molecule has 0 spiro atoms. The third-order valence-corrected chi connectivity index (χ3v) is 3.79. The zero-order valence-electron chi connectivity index (χ0n) is 11.7. The number of fused-ring (bicyclic) bond motifs is 1. The van der Waals surface area contributed by atoms with Crippen molar-refractivity contribution in [1.29, 1.82) is 0 Å². The van der Waals surface area contributed by atoms with Gasteiger partial charge in [-0.05, 0) is 23.8 Å². The highest BCUT2D eigenvalue weighted by molar-refractivity contribution is 6.03. The molecule has 0 atom stereocenters. The van der Waals surface area contributed by atoms with E-state index in [4.69, 9.17) is 0 Å². The van der Waals surface area contributed by atoms with Crippen LogP contribution in [0.3, 0.4) is 0 Å². The first-order valence-corrected chi connectivity index (χ1v) is 6.98. The van der Waals surface area contributed by atoms with E-state index in [2.05, 4.69) is 0 Å². The second-order valence-electron chi connectivity index (χ2n) is 5.31. The van der Waals surface area contributed by atoms with Gasteiger partial charge in [0.05, 0.1) is 5.56 Å². The summed E-state index contributed by atoms with van der Waals surface area (Å²) in [6, 6.07) is 12.8. The standard InChI is InChI=1S/C17H14F3NO/c18-17(19,20)13-6-7-14-15(10-13)21(9-8-16(14)22)11-12-4-2-1-3-5-12/h1-7,10H,8-9,11H2. The second kappa shape index (κ2) is 5.48. The molecule has 0 aliphatic carbocycles. The molecule has 0 aromatic heterocycles. The fraction of sp³-hybridized carbons (Fsp3) is 0.235. The molecule has 2 aromatic rings. The Bertz CT molecular complexity index is 695. The molecule has 0 saturated heterocycles. The van der Waals surface area contributed by atoms with E-state index in [1.54, 1.807) is 0 Å². The third kappa shape index (κ3) is 2.84. The Morgan fingerprint density at radius 2 is 1.77 bits per heavy atom. The van der Waals surface area contributed by atoms with Crippen LogP contribution in [0.5, 0.6) is 0 Å². The Morgan fingerprint density at radius 3 is 2.45 bits per heavy atom. The summed E-state index contributed by atoms with van der Waals surface area (Å²) in [5, 5.41) is 0. The molecule has 0 radical (unpaired) electrons. The van der Waals surface area contributed by atoms with Crippen LogP contribution in [-0.2, 0) is 12.7 Å². The number of carbonyl (C=O) groups is 1. The Hall–Kier alpha value is -2.30. The summed E-state index contributed by atoms with van der Waals surface area (Å²) in [6.45, 7) is 0.921. The minimum Gasteiger partial charge on any atom is -0.366 e. The number of halogens is 3. The largest absolute Gasteiger partial charge is 0.416 e. The van der Waals surface area contributed by atoms with E-state index in [0.29, 0.717) is 30.8 Å². The molecule has 0 bridgehead atoms. The summed E-state index contributed by atoms with van der Waals surface area (Å²) in [5.41, 5.74) is 1.02. The van der Waals surface area contributed by atoms with Crippen LogP contribution < -0.4 is 4.90 Å². The van der Waals surface area contributed by atoms with Crippen molar-refractivity contribution in [2.45, 2.75) is 19.1 Å². The molecule has 0 N–H and O–H groups in total. The molecule has 0 amide bonds. The van der Waals surface area contributed by atoms with Gasteiger partial charge in [0.25, 0.3) is 0 Å². The van der Waals surface area contributed by atoms with Crippen LogP contribution in [0.15, 0.2) is 48.5 Å². The summed E-state index contributed by atoms with van der Waals surface area (Å²) < 4.78 is 38.7. The summed E-state index contributed by atoms with van der Waals surface area (Å²) in [5.74, 6) is -0.104. The van der Waals surface area contributed by atoms with E-state index >= 15 is 0 Å².